The minimum atomic E-state index is -0.667. The topological polar surface area (TPSA) is 69.1 Å². The molecule has 0 bridgehead atoms. The molecule has 0 unspecified atom stereocenters. The lowest BCUT2D eigenvalue weighted by atomic mass is 10.1. The molecule has 0 aliphatic carbocycles. The van der Waals surface area contributed by atoms with Crippen LogP contribution in [0.5, 0.6) is 0 Å². The normalized spacial score (nSPS) is 10.2. The molecule has 1 amide bonds. The van der Waals surface area contributed by atoms with E-state index in [1.54, 1.807) is 6.07 Å². The van der Waals surface area contributed by atoms with Crippen LogP contribution in [0.4, 0.5) is 4.39 Å². The van der Waals surface area contributed by atoms with Crippen LogP contribution in [0.15, 0.2) is 35.1 Å². The minimum Gasteiger partial charge on any atom is -0.459 e. The number of hydrogen-bond acceptors (Lipinski definition) is 3. The van der Waals surface area contributed by atoms with Gasteiger partial charge in [-0.3, -0.25) is 4.79 Å². The Morgan fingerprint density at radius 1 is 1.40 bits per heavy atom. The highest BCUT2D eigenvalue weighted by atomic mass is 19.1. The van der Waals surface area contributed by atoms with Gasteiger partial charge in [-0.15, -0.1) is 0 Å². The van der Waals surface area contributed by atoms with Gasteiger partial charge in [0.05, 0.1) is 6.26 Å². The van der Waals surface area contributed by atoms with Crippen LogP contribution in [0.3, 0.4) is 0 Å². The molecule has 0 aromatic carbocycles. The van der Waals surface area contributed by atoms with E-state index < -0.39 is 11.9 Å². The molecule has 2 N–H and O–H groups in total. The van der Waals surface area contributed by atoms with Gasteiger partial charge in [0.25, 0.3) is 5.91 Å². The quantitative estimate of drug-likeness (QED) is 0.758. The molecule has 2 aromatic rings. The molecule has 76 valence electrons. The molecule has 0 saturated carbocycles. The van der Waals surface area contributed by atoms with Crippen molar-refractivity contribution in [2.24, 2.45) is 5.73 Å². The highest BCUT2D eigenvalue weighted by Gasteiger charge is 2.13. The van der Waals surface area contributed by atoms with Gasteiger partial charge in [0.2, 0.25) is 5.95 Å². The maximum atomic E-state index is 12.6. The molecule has 0 fully saturated rings. The Balaban J connectivity index is 2.49. The predicted molar refractivity (Wildman–Crippen MR) is 50.4 cm³/mol. The number of pyridine rings is 1. The third-order valence-corrected chi connectivity index (χ3v) is 1.93. The van der Waals surface area contributed by atoms with Crippen molar-refractivity contribution in [1.29, 1.82) is 0 Å². The Morgan fingerprint density at radius 3 is 2.80 bits per heavy atom. The molecular formula is C10H7FN2O2. The van der Waals surface area contributed by atoms with Crippen molar-refractivity contribution in [3.63, 3.8) is 0 Å². The number of carbonyl (C=O) groups excluding carboxylic acids is 1. The van der Waals surface area contributed by atoms with E-state index in [-0.39, 0.29) is 5.76 Å². The van der Waals surface area contributed by atoms with Crippen molar-refractivity contribution in [2.75, 3.05) is 0 Å². The van der Waals surface area contributed by atoms with Gasteiger partial charge in [0.15, 0.2) is 5.76 Å². The lowest BCUT2D eigenvalue weighted by molar-refractivity contribution is 0.0975. The zero-order valence-corrected chi connectivity index (χ0v) is 7.61. The second kappa shape index (κ2) is 3.53. The molecular weight excluding hydrogens is 199 g/mol. The second-order valence-electron chi connectivity index (χ2n) is 2.90. The largest absolute Gasteiger partial charge is 0.459 e. The molecule has 0 radical (unpaired) electrons. The van der Waals surface area contributed by atoms with Gasteiger partial charge in [-0.1, -0.05) is 0 Å². The molecule has 2 rings (SSSR count). The lowest BCUT2D eigenvalue weighted by Gasteiger charge is -1.98. The standard InChI is InChI=1S/C10H7FN2O2/c11-8-2-1-6(5-13-8)7-3-4-15-9(7)10(12)14/h1-5H,(H2,12,14). The highest BCUT2D eigenvalue weighted by Crippen LogP contribution is 2.23. The number of nitrogens with zero attached hydrogens (tertiary/aromatic N) is 1. The minimum absolute atomic E-state index is 0.0448. The van der Waals surface area contributed by atoms with Gasteiger partial charge < -0.3 is 10.2 Å². The Hall–Kier alpha value is -2.17. The number of halogens is 1. The van der Waals surface area contributed by atoms with Crippen LogP contribution >= 0.6 is 0 Å². The number of primary amides is 1. The van der Waals surface area contributed by atoms with Crippen LogP contribution < -0.4 is 5.73 Å². The van der Waals surface area contributed by atoms with E-state index in [4.69, 9.17) is 10.2 Å². The Bertz CT molecular complexity index is 490. The predicted octanol–water partition coefficient (Wildman–Crippen LogP) is 1.58. The van der Waals surface area contributed by atoms with Crippen LogP contribution in [0.1, 0.15) is 10.6 Å². The van der Waals surface area contributed by atoms with Crippen LogP contribution in [-0.4, -0.2) is 10.9 Å². The summed E-state index contributed by atoms with van der Waals surface area (Å²) in [7, 11) is 0. The summed E-state index contributed by atoms with van der Waals surface area (Å²) in [6, 6.07) is 4.28. The third kappa shape index (κ3) is 1.71. The number of hydrogen-bond donors (Lipinski definition) is 1. The monoisotopic (exact) mass is 206 g/mol. The zero-order valence-electron chi connectivity index (χ0n) is 7.61. The molecule has 2 heterocycles. The fourth-order valence-electron chi connectivity index (χ4n) is 1.26. The van der Waals surface area contributed by atoms with Crippen LogP contribution in [0, 0.1) is 5.95 Å². The summed E-state index contributed by atoms with van der Waals surface area (Å²) in [5.74, 6) is -1.20. The second-order valence-corrected chi connectivity index (χ2v) is 2.90. The van der Waals surface area contributed by atoms with Crippen molar-refractivity contribution < 1.29 is 13.6 Å². The van der Waals surface area contributed by atoms with Gasteiger partial charge in [-0.2, -0.15) is 4.39 Å². The van der Waals surface area contributed by atoms with E-state index in [0.29, 0.717) is 11.1 Å². The Labute approximate surface area is 84.5 Å². The highest BCUT2D eigenvalue weighted by molar-refractivity contribution is 5.96. The van der Waals surface area contributed by atoms with Gasteiger partial charge in [0, 0.05) is 17.3 Å². The van der Waals surface area contributed by atoms with Gasteiger partial charge in [-0.05, 0) is 18.2 Å². The summed E-state index contributed by atoms with van der Waals surface area (Å²) in [4.78, 5) is 14.4. The lowest BCUT2D eigenvalue weighted by Crippen LogP contribution is -2.10. The first kappa shape index (κ1) is 9.39. The van der Waals surface area contributed by atoms with E-state index in [0.717, 1.165) is 0 Å². The fraction of sp³-hybridized carbons (Fsp3) is 0. The van der Waals surface area contributed by atoms with Crippen molar-refractivity contribution in [2.45, 2.75) is 0 Å². The van der Waals surface area contributed by atoms with Gasteiger partial charge in [0.1, 0.15) is 0 Å². The van der Waals surface area contributed by atoms with E-state index in [1.165, 1.54) is 24.6 Å². The maximum absolute atomic E-state index is 12.6. The average Bonchev–Trinajstić information content (AvgIpc) is 2.67. The third-order valence-electron chi connectivity index (χ3n) is 1.93. The first-order valence-electron chi connectivity index (χ1n) is 4.17. The summed E-state index contributed by atoms with van der Waals surface area (Å²) in [6.45, 7) is 0. The van der Waals surface area contributed by atoms with E-state index >= 15 is 0 Å². The summed E-state index contributed by atoms with van der Waals surface area (Å²) >= 11 is 0. The maximum Gasteiger partial charge on any atom is 0.285 e. The van der Waals surface area contributed by atoms with E-state index in [2.05, 4.69) is 4.98 Å². The van der Waals surface area contributed by atoms with Crippen molar-refractivity contribution in [1.82, 2.24) is 4.98 Å². The molecule has 2 aromatic heterocycles. The molecule has 4 nitrogen and oxygen atoms in total. The summed E-state index contributed by atoms with van der Waals surface area (Å²) < 4.78 is 17.5. The molecule has 0 atom stereocenters. The first-order valence-corrected chi connectivity index (χ1v) is 4.17. The number of carbonyl (C=O) groups is 1. The summed E-state index contributed by atoms with van der Waals surface area (Å²) in [5, 5.41) is 0. The number of rotatable bonds is 2. The Morgan fingerprint density at radius 2 is 2.20 bits per heavy atom. The van der Waals surface area contributed by atoms with E-state index in [1.807, 2.05) is 0 Å². The van der Waals surface area contributed by atoms with Gasteiger partial charge >= 0.3 is 0 Å². The molecule has 0 aliphatic rings. The van der Waals surface area contributed by atoms with Gasteiger partial charge in [-0.25, -0.2) is 4.98 Å². The first-order chi connectivity index (χ1) is 7.18. The fourth-order valence-corrected chi connectivity index (χ4v) is 1.26. The average molecular weight is 206 g/mol. The number of aromatic nitrogens is 1. The van der Waals surface area contributed by atoms with Crippen LogP contribution in [-0.2, 0) is 0 Å². The van der Waals surface area contributed by atoms with Crippen LogP contribution in [0.25, 0.3) is 11.1 Å². The van der Waals surface area contributed by atoms with Crippen molar-refractivity contribution in [3.05, 3.63) is 42.4 Å². The SMILES string of the molecule is NC(=O)c1occc1-c1ccc(F)nc1. The molecule has 15 heavy (non-hydrogen) atoms. The Kier molecular flexibility index (Phi) is 2.21. The van der Waals surface area contributed by atoms with E-state index in [9.17, 15) is 9.18 Å². The van der Waals surface area contributed by atoms with Crippen molar-refractivity contribution in [3.8, 4) is 11.1 Å². The summed E-state index contributed by atoms with van der Waals surface area (Å²) in [5.41, 5.74) is 6.19. The zero-order chi connectivity index (χ0) is 10.8. The number of amides is 1. The number of furan rings is 1. The molecule has 0 saturated heterocycles. The summed E-state index contributed by atoms with van der Waals surface area (Å²) in [6.07, 6.45) is 2.66. The number of nitrogens with two attached hydrogens (primary N) is 1. The smallest absolute Gasteiger partial charge is 0.285 e. The molecule has 0 spiro atoms. The molecule has 0 aliphatic heterocycles. The van der Waals surface area contributed by atoms with Crippen LogP contribution in [0.2, 0.25) is 0 Å². The molecule has 5 heteroatoms. The van der Waals surface area contributed by atoms with Crippen molar-refractivity contribution >= 4 is 5.91 Å².